The molecule has 0 bridgehead atoms. The van der Waals surface area contributed by atoms with Gasteiger partial charge in [-0.25, -0.2) is 13.1 Å². The maximum absolute atomic E-state index is 11.8. The van der Waals surface area contributed by atoms with E-state index in [1.54, 1.807) is 7.05 Å². The molecule has 0 aliphatic heterocycles. The van der Waals surface area contributed by atoms with E-state index in [0.29, 0.717) is 0 Å². The number of nitrogens with one attached hydrogen (secondary N) is 1. The number of amides is 1. The van der Waals surface area contributed by atoms with Gasteiger partial charge in [0, 0.05) is 26.8 Å². The van der Waals surface area contributed by atoms with Gasteiger partial charge >= 0.3 is 5.97 Å². The molecule has 0 aliphatic carbocycles. The average Bonchev–Trinajstić information content (AvgIpc) is 2.80. The molecule has 0 aliphatic rings. The Labute approximate surface area is 116 Å². The molecule has 2 N–H and O–H groups in total. The Balaban J connectivity index is 2.54. The summed E-state index contributed by atoms with van der Waals surface area (Å²) in [5.41, 5.74) is 0. The molecule has 0 unspecified atom stereocenters. The minimum absolute atomic E-state index is 0.0167. The van der Waals surface area contributed by atoms with E-state index in [1.165, 1.54) is 24.1 Å². The number of aliphatic carboxylic acids is 1. The molecule has 20 heavy (non-hydrogen) atoms. The summed E-state index contributed by atoms with van der Waals surface area (Å²) in [6.45, 7) is -0.421. The molecular weight excluding hydrogens is 288 g/mol. The first kappa shape index (κ1) is 16.1. The largest absolute Gasteiger partial charge is 0.481 e. The standard InChI is InChI=1S/C10H16N4O5S/c1-13(4-3-10(16)17)9(15)6-12-20(18,19)8-5-11-14(2)7-8/h5,7,12H,3-4,6H2,1-2H3,(H,16,17). The highest BCUT2D eigenvalue weighted by Crippen LogP contribution is 2.05. The van der Waals surface area contributed by atoms with Gasteiger partial charge in [0.25, 0.3) is 0 Å². The van der Waals surface area contributed by atoms with Crippen LogP contribution in [0.3, 0.4) is 0 Å². The van der Waals surface area contributed by atoms with Gasteiger partial charge in [-0.3, -0.25) is 14.3 Å². The lowest BCUT2D eigenvalue weighted by atomic mass is 10.4. The first-order valence-electron chi connectivity index (χ1n) is 5.66. The Kier molecular flexibility index (Phi) is 5.22. The average molecular weight is 304 g/mol. The van der Waals surface area contributed by atoms with Gasteiger partial charge < -0.3 is 10.0 Å². The molecular formula is C10H16N4O5S. The molecule has 1 aromatic rings. The van der Waals surface area contributed by atoms with Crippen LogP contribution in [-0.4, -0.2) is 60.2 Å². The zero-order valence-electron chi connectivity index (χ0n) is 11.1. The van der Waals surface area contributed by atoms with Crippen LogP contribution in [0.2, 0.25) is 0 Å². The summed E-state index contributed by atoms with van der Waals surface area (Å²) in [7, 11) is -0.817. The summed E-state index contributed by atoms with van der Waals surface area (Å²) in [6, 6.07) is 0. The molecule has 0 radical (unpaired) electrons. The molecule has 10 heteroatoms. The second-order valence-corrected chi connectivity index (χ2v) is 5.90. The molecule has 0 aromatic carbocycles. The van der Waals surface area contributed by atoms with Crippen molar-refractivity contribution in [1.82, 2.24) is 19.4 Å². The van der Waals surface area contributed by atoms with Crippen molar-refractivity contribution in [2.24, 2.45) is 7.05 Å². The predicted octanol–water partition coefficient (Wildman–Crippen LogP) is -1.37. The Morgan fingerprint density at radius 2 is 2.15 bits per heavy atom. The van der Waals surface area contributed by atoms with E-state index in [4.69, 9.17) is 5.11 Å². The third-order valence-electron chi connectivity index (χ3n) is 2.49. The van der Waals surface area contributed by atoms with Crippen molar-refractivity contribution in [3.8, 4) is 0 Å². The highest BCUT2D eigenvalue weighted by atomic mass is 32.2. The van der Waals surface area contributed by atoms with Gasteiger partial charge in [-0.15, -0.1) is 0 Å². The van der Waals surface area contributed by atoms with Crippen molar-refractivity contribution in [3.63, 3.8) is 0 Å². The van der Waals surface area contributed by atoms with Crippen LogP contribution in [0.15, 0.2) is 17.3 Å². The fourth-order valence-corrected chi connectivity index (χ4v) is 2.26. The second-order valence-electron chi connectivity index (χ2n) is 4.13. The molecule has 9 nitrogen and oxygen atoms in total. The van der Waals surface area contributed by atoms with Crippen LogP contribution in [0.4, 0.5) is 0 Å². The molecule has 1 aromatic heterocycles. The van der Waals surface area contributed by atoms with E-state index in [0.717, 1.165) is 4.90 Å². The molecule has 0 spiro atoms. The Hall–Kier alpha value is -1.94. The van der Waals surface area contributed by atoms with Crippen LogP contribution in [0.1, 0.15) is 6.42 Å². The van der Waals surface area contributed by atoms with Crippen LogP contribution in [0.25, 0.3) is 0 Å². The van der Waals surface area contributed by atoms with Crippen molar-refractivity contribution in [1.29, 1.82) is 0 Å². The molecule has 0 saturated carbocycles. The molecule has 0 saturated heterocycles. The number of carbonyl (C=O) groups is 2. The van der Waals surface area contributed by atoms with E-state index in [2.05, 4.69) is 9.82 Å². The quantitative estimate of drug-likeness (QED) is 0.641. The third kappa shape index (κ3) is 4.63. The monoisotopic (exact) mass is 304 g/mol. The van der Waals surface area contributed by atoms with Gasteiger partial charge in [-0.2, -0.15) is 5.10 Å². The number of nitrogens with zero attached hydrogens (tertiary/aromatic N) is 3. The molecule has 1 heterocycles. The molecule has 0 atom stereocenters. The fraction of sp³-hybridized carbons (Fsp3) is 0.500. The second kappa shape index (κ2) is 6.48. The Bertz CT molecular complexity index is 595. The molecule has 112 valence electrons. The van der Waals surface area contributed by atoms with Crippen LogP contribution in [0.5, 0.6) is 0 Å². The van der Waals surface area contributed by atoms with Gasteiger partial charge in [0.15, 0.2) is 0 Å². The number of carbonyl (C=O) groups excluding carboxylic acids is 1. The molecule has 0 fully saturated rings. The number of aromatic nitrogens is 2. The van der Waals surface area contributed by atoms with E-state index in [9.17, 15) is 18.0 Å². The summed E-state index contributed by atoms with van der Waals surface area (Å²) < 4.78 is 27.1. The van der Waals surface area contributed by atoms with Crippen molar-refractivity contribution in [2.45, 2.75) is 11.3 Å². The van der Waals surface area contributed by atoms with Gasteiger partial charge in [-0.05, 0) is 0 Å². The SMILES string of the molecule is CN(CCC(=O)O)C(=O)CNS(=O)(=O)c1cnn(C)c1. The number of hydrogen-bond acceptors (Lipinski definition) is 5. The lowest BCUT2D eigenvalue weighted by Gasteiger charge is -2.16. The highest BCUT2D eigenvalue weighted by Gasteiger charge is 2.18. The number of rotatable bonds is 7. The zero-order chi connectivity index (χ0) is 15.3. The zero-order valence-corrected chi connectivity index (χ0v) is 11.9. The van der Waals surface area contributed by atoms with E-state index >= 15 is 0 Å². The number of likely N-dealkylation sites (N-methyl/N-ethyl adjacent to an activating group) is 1. The maximum atomic E-state index is 11.8. The van der Waals surface area contributed by atoms with Crippen molar-refractivity contribution in [2.75, 3.05) is 20.1 Å². The number of aryl methyl sites for hydroxylation is 1. The normalized spacial score (nSPS) is 11.3. The minimum atomic E-state index is -3.80. The van der Waals surface area contributed by atoms with Crippen LogP contribution in [-0.2, 0) is 26.7 Å². The lowest BCUT2D eigenvalue weighted by Crippen LogP contribution is -2.38. The van der Waals surface area contributed by atoms with Crippen molar-refractivity contribution < 1.29 is 23.1 Å². The van der Waals surface area contributed by atoms with Gasteiger partial charge in [0.2, 0.25) is 15.9 Å². The molecule has 1 rings (SSSR count). The van der Waals surface area contributed by atoms with Crippen molar-refractivity contribution in [3.05, 3.63) is 12.4 Å². The third-order valence-corrected chi connectivity index (χ3v) is 3.85. The smallest absolute Gasteiger partial charge is 0.305 e. The Morgan fingerprint density at radius 3 is 2.65 bits per heavy atom. The van der Waals surface area contributed by atoms with E-state index in [1.807, 2.05) is 0 Å². The number of carboxylic acids is 1. The summed E-state index contributed by atoms with van der Waals surface area (Å²) >= 11 is 0. The van der Waals surface area contributed by atoms with Gasteiger partial charge in [0.1, 0.15) is 4.90 Å². The summed E-state index contributed by atoms with van der Waals surface area (Å²) in [4.78, 5) is 23.1. The summed E-state index contributed by atoms with van der Waals surface area (Å²) in [5, 5.41) is 12.2. The lowest BCUT2D eigenvalue weighted by molar-refractivity contribution is -0.138. The van der Waals surface area contributed by atoms with E-state index in [-0.39, 0.29) is 17.9 Å². The topological polar surface area (TPSA) is 122 Å². The number of sulfonamides is 1. The Morgan fingerprint density at radius 1 is 1.50 bits per heavy atom. The van der Waals surface area contributed by atoms with Gasteiger partial charge in [0.05, 0.1) is 19.2 Å². The first-order chi connectivity index (χ1) is 9.22. The number of carboxylic acid groups (broad SMARTS) is 1. The summed E-state index contributed by atoms with van der Waals surface area (Å²) in [6.07, 6.45) is 2.28. The van der Waals surface area contributed by atoms with Gasteiger partial charge in [-0.1, -0.05) is 0 Å². The van der Waals surface area contributed by atoms with Crippen LogP contribution < -0.4 is 4.72 Å². The fourth-order valence-electron chi connectivity index (χ4n) is 1.30. The predicted molar refractivity (Wildman–Crippen MR) is 68.3 cm³/mol. The first-order valence-corrected chi connectivity index (χ1v) is 7.15. The highest BCUT2D eigenvalue weighted by molar-refractivity contribution is 7.89. The van der Waals surface area contributed by atoms with Crippen LogP contribution in [0, 0.1) is 0 Å². The minimum Gasteiger partial charge on any atom is -0.481 e. The van der Waals surface area contributed by atoms with Crippen LogP contribution >= 0.6 is 0 Å². The summed E-state index contributed by atoms with van der Waals surface area (Å²) in [5.74, 6) is -1.54. The number of hydrogen-bond donors (Lipinski definition) is 2. The maximum Gasteiger partial charge on any atom is 0.305 e. The van der Waals surface area contributed by atoms with Crippen molar-refractivity contribution >= 4 is 21.9 Å². The van der Waals surface area contributed by atoms with E-state index < -0.39 is 28.4 Å². The molecule has 1 amide bonds.